The number of aliphatic hydroxyl groups excluding tert-OH is 1. The number of benzene rings is 1. The third kappa shape index (κ3) is 4.27. The van der Waals surface area contributed by atoms with Gasteiger partial charge in [0.05, 0.1) is 17.7 Å². The van der Waals surface area contributed by atoms with E-state index in [2.05, 4.69) is 0 Å². The zero-order valence-corrected chi connectivity index (χ0v) is 9.73. The molecular weight excluding hydrogens is 274 g/mol. The van der Waals surface area contributed by atoms with Crippen LogP contribution >= 0.6 is 0 Å². The molecule has 1 aromatic rings. The summed E-state index contributed by atoms with van der Waals surface area (Å²) in [5, 5.41) is 8.74. The van der Waals surface area contributed by atoms with Gasteiger partial charge in [-0.3, -0.25) is 0 Å². The normalized spacial score (nSPS) is 13.8. The lowest BCUT2D eigenvalue weighted by molar-refractivity contribution is -0.143. The van der Waals surface area contributed by atoms with Crippen molar-refractivity contribution in [1.82, 2.24) is 0 Å². The number of rotatable bonds is 2. The number of halogens is 6. The SMILES string of the molecule is CC(=Cc1cc(C(F)(F)F)cc(C(F)(F)F)c1)CO. The first-order chi connectivity index (χ1) is 8.54. The van der Waals surface area contributed by atoms with Gasteiger partial charge in [0.2, 0.25) is 0 Å². The third-order valence-corrected chi connectivity index (χ3v) is 2.27. The van der Waals surface area contributed by atoms with Crippen LogP contribution in [-0.4, -0.2) is 11.7 Å². The van der Waals surface area contributed by atoms with E-state index in [0.29, 0.717) is 12.1 Å². The molecular formula is C12H10F6O. The highest BCUT2D eigenvalue weighted by Crippen LogP contribution is 2.36. The second-order valence-corrected chi connectivity index (χ2v) is 3.99. The van der Waals surface area contributed by atoms with Crippen molar-refractivity contribution in [3.63, 3.8) is 0 Å². The average Bonchev–Trinajstić information content (AvgIpc) is 2.26. The van der Waals surface area contributed by atoms with Crippen molar-refractivity contribution in [3.05, 3.63) is 40.5 Å². The smallest absolute Gasteiger partial charge is 0.392 e. The maximum absolute atomic E-state index is 12.5. The fourth-order valence-corrected chi connectivity index (χ4v) is 1.39. The summed E-state index contributed by atoms with van der Waals surface area (Å²) >= 11 is 0. The van der Waals surface area contributed by atoms with Gasteiger partial charge in [0.25, 0.3) is 0 Å². The van der Waals surface area contributed by atoms with E-state index in [4.69, 9.17) is 5.11 Å². The van der Waals surface area contributed by atoms with Crippen LogP contribution in [0.15, 0.2) is 23.8 Å². The van der Waals surface area contributed by atoms with Crippen molar-refractivity contribution in [2.75, 3.05) is 6.61 Å². The van der Waals surface area contributed by atoms with Crippen LogP contribution in [-0.2, 0) is 12.4 Å². The molecule has 0 unspecified atom stereocenters. The monoisotopic (exact) mass is 284 g/mol. The summed E-state index contributed by atoms with van der Waals surface area (Å²) < 4.78 is 75.1. The summed E-state index contributed by atoms with van der Waals surface area (Å²) in [6.07, 6.45) is -8.65. The minimum absolute atomic E-state index is 0.0611. The maximum atomic E-state index is 12.5. The highest BCUT2D eigenvalue weighted by atomic mass is 19.4. The van der Waals surface area contributed by atoms with Gasteiger partial charge in [0, 0.05) is 0 Å². The minimum Gasteiger partial charge on any atom is -0.392 e. The topological polar surface area (TPSA) is 20.2 Å². The molecule has 106 valence electrons. The Kier molecular flexibility index (Phi) is 4.29. The Bertz CT molecular complexity index is 452. The summed E-state index contributed by atoms with van der Waals surface area (Å²) in [7, 11) is 0. The van der Waals surface area contributed by atoms with E-state index in [1.54, 1.807) is 0 Å². The van der Waals surface area contributed by atoms with E-state index in [1.165, 1.54) is 6.92 Å². The summed E-state index contributed by atoms with van der Waals surface area (Å²) in [5.74, 6) is 0. The maximum Gasteiger partial charge on any atom is 0.416 e. The van der Waals surface area contributed by atoms with Gasteiger partial charge in [0.1, 0.15) is 0 Å². The molecule has 1 nitrogen and oxygen atoms in total. The minimum atomic E-state index is -4.86. The highest BCUT2D eigenvalue weighted by Gasteiger charge is 2.36. The standard InChI is InChI=1S/C12H10F6O/c1-7(6-19)2-8-3-9(11(13,14)15)5-10(4-8)12(16,17)18/h2-5,19H,6H2,1H3. The number of aliphatic hydroxyl groups is 1. The fraction of sp³-hybridized carbons (Fsp3) is 0.333. The van der Waals surface area contributed by atoms with Crippen LogP contribution in [0, 0.1) is 0 Å². The van der Waals surface area contributed by atoms with Crippen LogP contribution in [0.3, 0.4) is 0 Å². The molecule has 0 heterocycles. The molecule has 0 amide bonds. The molecule has 0 aliphatic rings. The third-order valence-electron chi connectivity index (χ3n) is 2.27. The predicted molar refractivity (Wildman–Crippen MR) is 57.2 cm³/mol. The predicted octanol–water partition coefficient (Wildman–Crippen LogP) is 4.12. The molecule has 1 aromatic carbocycles. The summed E-state index contributed by atoms with van der Waals surface area (Å²) in [6.45, 7) is 0.950. The van der Waals surface area contributed by atoms with Crippen LogP contribution < -0.4 is 0 Å². The molecule has 0 radical (unpaired) electrons. The first-order valence-electron chi connectivity index (χ1n) is 5.11. The van der Waals surface area contributed by atoms with Gasteiger partial charge in [-0.1, -0.05) is 6.08 Å². The van der Waals surface area contributed by atoms with E-state index in [-0.39, 0.29) is 17.2 Å². The van der Waals surface area contributed by atoms with Crippen molar-refractivity contribution in [2.24, 2.45) is 0 Å². The molecule has 0 fully saturated rings. The number of hydrogen-bond acceptors (Lipinski definition) is 1. The van der Waals surface area contributed by atoms with Gasteiger partial charge in [-0.25, -0.2) is 0 Å². The first kappa shape index (κ1) is 15.6. The molecule has 0 saturated carbocycles. The number of alkyl halides is 6. The molecule has 1 N–H and O–H groups in total. The van der Waals surface area contributed by atoms with Crippen molar-refractivity contribution >= 4 is 6.08 Å². The van der Waals surface area contributed by atoms with E-state index < -0.39 is 30.1 Å². The first-order valence-corrected chi connectivity index (χ1v) is 5.11. The lowest BCUT2D eigenvalue weighted by atomic mass is 10.0. The molecule has 0 saturated heterocycles. The lowest BCUT2D eigenvalue weighted by Gasteiger charge is -2.13. The van der Waals surface area contributed by atoms with E-state index >= 15 is 0 Å². The zero-order chi connectivity index (χ0) is 14.8. The molecule has 7 heteroatoms. The Morgan fingerprint density at radius 1 is 1.00 bits per heavy atom. The fourth-order valence-electron chi connectivity index (χ4n) is 1.39. The summed E-state index contributed by atoms with van der Waals surface area (Å²) in [4.78, 5) is 0. The molecule has 0 spiro atoms. The molecule has 1 rings (SSSR count). The Balaban J connectivity index is 3.41. The summed E-state index contributed by atoms with van der Waals surface area (Å²) in [6, 6.07) is 1.27. The van der Waals surface area contributed by atoms with Crippen molar-refractivity contribution in [3.8, 4) is 0 Å². The Labute approximate surface area is 105 Å². The van der Waals surface area contributed by atoms with E-state index in [1.807, 2.05) is 0 Å². The van der Waals surface area contributed by atoms with Gasteiger partial charge >= 0.3 is 12.4 Å². The zero-order valence-electron chi connectivity index (χ0n) is 9.73. The molecule has 0 bridgehead atoms. The van der Waals surface area contributed by atoms with Crippen LogP contribution in [0.2, 0.25) is 0 Å². The Morgan fingerprint density at radius 2 is 1.42 bits per heavy atom. The Hall–Kier alpha value is -1.50. The highest BCUT2D eigenvalue weighted by molar-refractivity contribution is 5.55. The van der Waals surface area contributed by atoms with Crippen LogP contribution in [0.1, 0.15) is 23.6 Å². The molecule has 0 aromatic heterocycles. The second-order valence-electron chi connectivity index (χ2n) is 3.99. The lowest BCUT2D eigenvalue weighted by Crippen LogP contribution is -2.11. The largest absolute Gasteiger partial charge is 0.416 e. The number of hydrogen-bond donors (Lipinski definition) is 1. The van der Waals surface area contributed by atoms with Gasteiger partial charge in [-0.05, 0) is 36.3 Å². The molecule has 0 aliphatic heterocycles. The quantitative estimate of drug-likeness (QED) is 0.810. The van der Waals surface area contributed by atoms with Crippen LogP contribution in [0.25, 0.3) is 6.08 Å². The molecule has 0 atom stereocenters. The van der Waals surface area contributed by atoms with Crippen LogP contribution in [0.4, 0.5) is 26.3 Å². The summed E-state index contributed by atoms with van der Waals surface area (Å²) in [5.41, 5.74) is -2.75. The Morgan fingerprint density at radius 3 is 1.74 bits per heavy atom. The van der Waals surface area contributed by atoms with Gasteiger partial charge in [-0.15, -0.1) is 0 Å². The van der Waals surface area contributed by atoms with E-state index in [9.17, 15) is 26.3 Å². The van der Waals surface area contributed by atoms with Crippen LogP contribution in [0.5, 0.6) is 0 Å². The van der Waals surface area contributed by atoms with Crippen molar-refractivity contribution in [1.29, 1.82) is 0 Å². The van der Waals surface area contributed by atoms with Gasteiger partial charge < -0.3 is 5.11 Å². The molecule has 19 heavy (non-hydrogen) atoms. The van der Waals surface area contributed by atoms with Gasteiger partial charge in [-0.2, -0.15) is 26.3 Å². The van der Waals surface area contributed by atoms with Crippen molar-refractivity contribution < 1.29 is 31.4 Å². The average molecular weight is 284 g/mol. The molecule has 0 aliphatic carbocycles. The van der Waals surface area contributed by atoms with Crippen molar-refractivity contribution in [2.45, 2.75) is 19.3 Å². The van der Waals surface area contributed by atoms with Gasteiger partial charge in [0.15, 0.2) is 0 Å². The van der Waals surface area contributed by atoms with E-state index in [0.717, 1.165) is 6.08 Å². The second kappa shape index (κ2) is 5.24.